The third kappa shape index (κ3) is 3.26. The van der Waals surface area contributed by atoms with Gasteiger partial charge in [-0.05, 0) is 34.8 Å². The first-order valence-corrected chi connectivity index (χ1v) is 8.74. The van der Waals surface area contributed by atoms with Crippen molar-refractivity contribution in [3.8, 4) is 5.75 Å². The highest BCUT2D eigenvalue weighted by Gasteiger charge is 2.32. The van der Waals surface area contributed by atoms with Gasteiger partial charge >= 0.3 is 0 Å². The first-order valence-electron chi connectivity index (χ1n) is 7.23. The molecule has 4 nitrogen and oxygen atoms in total. The van der Waals surface area contributed by atoms with E-state index >= 15 is 0 Å². The molecule has 0 amide bonds. The van der Waals surface area contributed by atoms with Gasteiger partial charge in [0.15, 0.2) is 0 Å². The number of hydrogen-bond donors (Lipinski definition) is 3. The molecule has 0 aromatic heterocycles. The van der Waals surface area contributed by atoms with E-state index in [1.54, 1.807) is 10.4 Å². The Hall–Kier alpha value is -1.01. The van der Waals surface area contributed by atoms with Crippen LogP contribution in [0.25, 0.3) is 6.08 Å². The second-order valence-corrected chi connectivity index (χ2v) is 8.51. The fourth-order valence-electron chi connectivity index (χ4n) is 2.58. The number of phenols is 1. The quantitative estimate of drug-likeness (QED) is 0.756. The Morgan fingerprint density at radius 1 is 1.29 bits per heavy atom. The highest BCUT2D eigenvalue weighted by molar-refractivity contribution is 8.25. The molecule has 1 aromatic rings. The van der Waals surface area contributed by atoms with Gasteiger partial charge in [-0.1, -0.05) is 33.8 Å². The fourth-order valence-corrected chi connectivity index (χ4v) is 4.28. The molecule has 2 rings (SSSR count). The molecule has 1 aromatic carbocycles. The van der Waals surface area contributed by atoms with Crippen LogP contribution in [-0.4, -0.2) is 31.6 Å². The van der Waals surface area contributed by atoms with Crippen molar-refractivity contribution in [3.05, 3.63) is 34.2 Å². The van der Waals surface area contributed by atoms with Gasteiger partial charge in [-0.2, -0.15) is 0 Å². The van der Waals surface area contributed by atoms with Crippen molar-refractivity contribution in [2.75, 3.05) is 13.1 Å². The normalized spacial score (nSPS) is 22.7. The molecule has 0 unspecified atom stereocenters. The van der Waals surface area contributed by atoms with E-state index in [0.29, 0.717) is 24.4 Å². The predicted molar refractivity (Wildman–Crippen MR) is 89.5 cm³/mol. The maximum absolute atomic E-state index is 10.3. The summed E-state index contributed by atoms with van der Waals surface area (Å²) >= 11 is 0. The van der Waals surface area contributed by atoms with E-state index in [4.69, 9.17) is 0 Å². The lowest BCUT2D eigenvalue weighted by atomic mass is 9.85. The van der Waals surface area contributed by atoms with E-state index in [9.17, 15) is 14.2 Å². The molecular formula is C16H25NO3S. The zero-order valence-electron chi connectivity index (χ0n) is 13.1. The summed E-state index contributed by atoms with van der Waals surface area (Å²) in [5.41, 5.74) is 1.59. The summed E-state index contributed by atoms with van der Waals surface area (Å²) in [7, 11) is -2.80. The number of benzene rings is 1. The van der Waals surface area contributed by atoms with Gasteiger partial charge in [-0.15, -0.1) is 10.8 Å². The lowest BCUT2D eigenvalue weighted by Crippen LogP contribution is -2.21. The maximum atomic E-state index is 10.3. The van der Waals surface area contributed by atoms with Crippen LogP contribution in [0.3, 0.4) is 0 Å². The molecule has 21 heavy (non-hydrogen) atoms. The van der Waals surface area contributed by atoms with Gasteiger partial charge in [-0.3, -0.25) is 9.11 Å². The van der Waals surface area contributed by atoms with E-state index in [2.05, 4.69) is 0 Å². The molecule has 0 aliphatic carbocycles. The zero-order chi connectivity index (χ0) is 15.8. The van der Waals surface area contributed by atoms with Crippen LogP contribution in [0.2, 0.25) is 0 Å². The predicted octanol–water partition coefficient (Wildman–Crippen LogP) is 4.42. The molecule has 0 radical (unpaired) electrons. The molecule has 0 saturated carbocycles. The number of aromatic hydroxyl groups is 1. The number of nitrogens with zero attached hydrogens (tertiary/aromatic N) is 1. The van der Waals surface area contributed by atoms with E-state index < -0.39 is 10.8 Å². The third-order valence-electron chi connectivity index (χ3n) is 3.83. The Bertz CT molecular complexity index is 561. The summed E-state index contributed by atoms with van der Waals surface area (Å²) < 4.78 is 22.3. The van der Waals surface area contributed by atoms with Crippen LogP contribution in [0.5, 0.6) is 5.75 Å². The maximum Gasteiger partial charge on any atom is 0.119 e. The molecule has 1 saturated heterocycles. The van der Waals surface area contributed by atoms with Crippen LogP contribution in [0.15, 0.2) is 23.1 Å². The van der Waals surface area contributed by atoms with Crippen LogP contribution in [0, 0.1) is 0 Å². The van der Waals surface area contributed by atoms with Crippen LogP contribution in [0.1, 0.15) is 45.2 Å². The Morgan fingerprint density at radius 2 is 1.95 bits per heavy atom. The summed E-state index contributed by atoms with van der Waals surface area (Å²) in [4.78, 5) is 0.676. The van der Waals surface area contributed by atoms with Gasteiger partial charge in [-0.25, -0.2) is 4.31 Å². The molecule has 118 valence electrons. The van der Waals surface area contributed by atoms with Crippen molar-refractivity contribution in [1.29, 1.82) is 0 Å². The zero-order valence-corrected chi connectivity index (χ0v) is 13.9. The van der Waals surface area contributed by atoms with Crippen molar-refractivity contribution >= 4 is 16.9 Å². The van der Waals surface area contributed by atoms with Crippen LogP contribution in [0.4, 0.5) is 0 Å². The molecule has 0 bridgehead atoms. The van der Waals surface area contributed by atoms with Crippen LogP contribution in [-0.2, 0) is 5.41 Å². The summed E-state index contributed by atoms with van der Waals surface area (Å²) in [6, 6.07) is 5.40. The highest BCUT2D eigenvalue weighted by atomic mass is 32.3. The van der Waals surface area contributed by atoms with Gasteiger partial charge in [0.25, 0.3) is 0 Å². The van der Waals surface area contributed by atoms with Crippen molar-refractivity contribution in [3.63, 3.8) is 0 Å². The van der Waals surface area contributed by atoms with Gasteiger partial charge in [0.1, 0.15) is 5.75 Å². The average molecular weight is 311 g/mol. The van der Waals surface area contributed by atoms with E-state index in [1.807, 2.05) is 45.9 Å². The van der Waals surface area contributed by atoms with Gasteiger partial charge in [0.2, 0.25) is 0 Å². The Balaban J connectivity index is 2.39. The molecule has 0 atom stereocenters. The molecule has 1 aliphatic rings. The minimum atomic E-state index is -2.80. The molecule has 3 N–H and O–H groups in total. The molecule has 0 spiro atoms. The van der Waals surface area contributed by atoms with Crippen molar-refractivity contribution < 1.29 is 14.2 Å². The first kappa shape index (κ1) is 16.4. The molecule has 1 heterocycles. The molecular weight excluding hydrogens is 286 g/mol. The Kier molecular flexibility index (Phi) is 4.40. The molecule has 1 aliphatic heterocycles. The van der Waals surface area contributed by atoms with Gasteiger partial charge in [0, 0.05) is 19.5 Å². The van der Waals surface area contributed by atoms with E-state index in [-0.39, 0.29) is 11.2 Å². The lowest BCUT2D eigenvalue weighted by molar-refractivity contribution is 0.390. The lowest BCUT2D eigenvalue weighted by Gasteiger charge is -2.36. The monoisotopic (exact) mass is 311 g/mol. The number of hydrogen-bond acceptors (Lipinski definition) is 4. The summed E-state index contributed by atoms with van der Waals surface area (Å²) in [5, 5.41) is 9.99. The minimum absolute atomic E-state index is 0.161. The van der Waals surface area contributed by atoms with Crippen LogP contribution < -0.4 is 0 Å². The summed E-state index contributed by atoms with van der Waals surface area (Å²) in [5.74, 6) is 0.276. The van der Waals surface area contributed by atoms with Gasteiger partial charge < -0.3 is 5.11 Å². The van der Waals surface area contributed by atoms with E-state index in [1.165, 1.54) is 0 Å². The summed E-state index contributed by atoms with van der Waals surface area (Å²) in [6.07, 6.45) is 2.52. The number of rotatable bonds is 2. The van der Waals surface area contributed by atoms with E-state index in [0.717, 1.165) is 11.1 Å². The first-order chi connectivity index (χ1) is 9.66. The second-order valence-electron chi connectivity index (χ2n) is 6.43. The Morgan fingerprint density at radius 3 is 2.48 bits per heavy atom. The smallest absolute Gasteiger partial charge is 0.119 e. The molecule has 5 heteroatoms. The largest absolute Gasteiger partial charge is 0.508 e. The highest BCUT2D eigenvalue weighted by Crippen LogP contribution is 2.57. The minimum Gasteiger partial charge on any atom is -0.508 e. The third-order valence-corrected chi connectivity index (χ3v) is 6.01. The van der Waals surface area contributed by atoms with Crippen molar-refractivity contribution in [2.45, 2.75) is 39.5 Å². The van der Waals surface area contributed by atoms with Gasteiger partial charge in [0.05, 0.1) is 4.91 Å². The van der Waals surface area contributed by atoms with Crippen molar-refractivity contribution in [2.24, 2.45) is 0 Å². The number of phenolic OH excluding ortho intramolecular Hbond substituents is 1. The topological polar surface area (TPSA) is 63.9 Å². The second kappa shape index (κ2) is 5.65. The Labute approximate surface area is 128 Å². The average Bonchev–Trinajstić information content (AvgIpc) is 2.65. The summed E-state index contributed by atoms with van der Waals surface area (Å²) in [6.45, 7) is 9.36. The molecule has 1 fully saturated rings. The fraction of sp³-hybridized carbons (Fsp3) is 0.500. The van der Waals surface area contributed by atoms with Crippen molar-refractivity contribution in [1.82, 2.24) is 4.31 Å². The SMILES string of the molecule is CCN1CCC(=Cc2ccc(O)c(C(C)(C)C)c2)S1(O)O. The van der Waals surface area contributed by atoms with Crippen LogP contribution >= 0.6 is 10.8 Å². The standard InChI is InChI=1S/C16H25NO3S/c1-5-17-9-8-13(21(17,19)20)10-12-6-7-15(18)14(11-12)16(2,3)4/h6-7,10-11,18-20H,5,8-9H2,1-4H3.